The molecule has 0 N–H and O–H groups in total. The summed E-state index contributed by atoms with van der Waals surface area (Å²) in [5, 5.41) is 0.303. The van der Waals surface area contributed by atoms with Gasteiger partial charge in [-0.1, -0.05) is 11.6 Å². The summed E-state index contributed by atoms with van der Waals surface area (Å²) >= 11 is 5.70. The van der Waals surface area contributed by atoms with Crippen LogP contribution in [0.4, 0.5) is 0 Å². The third kappa shape index (κ3) is 3.31. The van der Waals surface area contributed by atoms with Crippen LogP contribution in [-0.2, 0) is 20.7 Å². The van der Waals surface area contributed by atoms with E-state index in [1.54, 1.807) is 26.1 Å². The number of aromatic nitrogens is 1. The zero-order chi connectivity index (χ0) is 12.1. The molecule has 0 aliphatic rings. The number of esters is 1. The van der Waals surface area contributed by atoms with Crippen LogP contribution in [0.15, 0.2) is 12.3 Å². The highest BCUT2D eigenvalue weighted by Crippen LogP contribution is 2.13. The number of nitrogens with zero attached hydrogens (tertiary/aromatic N) is 1. The molecule has 0 radical (unpaired) electrons. The van der Waals surface area contributed by atoms with E-state index in [0.29, 0.717) is 10.7 Å². The monoisotopic (exact) mass is 241 g/mol. The van der Waals surface area contributed by atoms with Gasteiger partial charge < -0.3 is 4.74 Å². The van der Waals surface area contributed by atoms with Gasteiger partial charge in [0, 0.05) is 12.6 Å². The Labute approximate surface area is 98.6 Å². The highest BCUT2D eigenvalue weighted by Gasteiger charge is 2.16. The van der Waals surface area contributed by atoms with E-state index in [0.717, 1.165) is 5.56 Å². The lowest BCUT2D eigenvalue weighted by Crippen LogP contribution is -2.19. The lowest BCUT2D eigenvalue weighted by molar-refractivity contribution is -0.153. The first-order chi connectivity index (χ1) is 7.54. The van der Waals surface area contributed by atoms with E-state index >= 15 is 0 Å². The molecule has 0 aliphatic carbocycles. The molecule has 1 heterocycles. The van der Waals surface area contributed by atoms with Crippen molar-refractivity contribution in [3.05, 3.63) is 28.5 Å². The SMILES string of the molecule is CCOC(=O)C(=O)Cc1cc(Cl)ncc1C. The summed E-state index contributed by atoms with van der Waals surface area (Å²) in [6.45, 7) is 3.65. The summed E-state index contributed by atoms with van der Waals surface area (Å²) in [4.78, 5) is 26.4. The smallest absolute Gasteiger partial charge is 0.374 e. The molecule has 0 aromatic carbocycles. The fourth-order valence-electron chi connectivity index (χ4n) is 1.18. The van der Waals surface area contributed by atoms with Gasteiger partial charge in [-0.15, -0.1) is 0 Å². The number of carbonyl (C=O) groups excluding carboxylic acids is 2. The summed E-state index contributed by atoms with van der Waals surface area (Å²) in [6.07, 6.45) is 1.56. The minimum absolute atomic E-state index is 0.00704. The molecule has 0 aliphatic heterocycles. The van der Waals surface area contributed by atoms with E-state index in [1.807, 2.05) is 0 Å². The normalized spacial score (nSPS) is 9.94. The Kier molecular flexibility index (Phi) is 4.43. The maximum Gasteiger partial charge on any atom is 0.374 e. The number of hydrogen-bond donors (Lipinski definition) is 0. The Morgan fingerprint density at radius 3 is 2.81 bits per heavy atom. The lowest BCUT2D eigenvalue weighted by Gasteiger charge is -2.04. The van der Waals surface area contributed by atoms with Crippen LogP contribution in [0.5, 0.6) is 0 Å². The molecule has 1 aromatic rings. The van der Waals surface area contributed by atoms with Crippen LogP contribution in [0.3, 0.4) is 0 Å². The Hall–Kier alpha value is -1.42. The Morgan fingerprint density at radius 2 is 2.19 bits per heavy atom. The average Bonchev–Trinajstić information content (AvgIpc) is 2.23. The predicted molar refractivity (Wildman–Crippen MR) is 59.3 cm³/mol. The zero-order valence-corrected chi connectivity index (χ0v) is 9.87. The van der Waals surface area contributed by atoms with Crippen molar-refractivity contribution in [2.24, 2.45) is 0 Å². The van der Waals surface area contributed by atoms with Gasteiger partial charge >= 0.3 is 5.97 Å². The highest BCUT2D eigenvalue weighted by atomic mass is 35.5. The summed E-state index contributed by atoms with van der Waals surface area (Å²) in [7, 11) is 0. The second-order valence-electron chi connectivity index (χ2n) is 3.25. The van der Waals surface area contributed by atoms with E-state index in [2.05, 4.69) is 9.72 Å². The minimum atomic E-state index is -0.810. The van der Waals surface area contributed by atoms with Gasteiger partial charge in [-0.3, -0.25) is 4.79 Å². The molecular formula is C11H12ClNO3. The first-order valence-corrected chi connectivity index (χ1v) is 5.23. The van der Waals surface area contributed by atoms with Crippen LogP contribution in [0.25, 0.3) is 0 Å². The van der Waals surface area contributed by atoms with Gasteiger partial charge in [-0.05, 0) is 31.0 Å². The van der Waals surface area contributed by atoms with Crippen molar-refractivity contribution in [1.82, 2.24) is 4.98 Å². The van der Waals surface area contributed by atoms with Gasteiger partial charge in [0.2, 0.25) is 5.78 Å². The molecule has 1 rings (SSSR count). The molecule has 0 saturated carbocycles. The molecule has 5 heteroatoms. The Morgan fingerprint density at radius 1 is 1.50 bits per heavy atom. The fourth-order valence-corrected chi connectivity index (χ4v) is 1.36. The highest BCUT2D eigenvalue weighted by molar-refractivity contribution is 6.34. The van der Waals surface area contributed by atoms with Crippen molar-refractivity contribution in [2.75, 3.05) is 6.61 Å². The number of Topliss-reactive ketones (excluding diaryl/α,β-unsaturated/α-hetero) is 1. The summed E-state index contributed by atoms with van der Waals surface area (Å²) in [5.74, 6) is -1.39. The quantitative estimate of drug-likeness (QED) is 0.458. The van der Waals surface area contributed by atoms with Gasteiger partial charge in [0.1, 0.15) is 5.15 Å². The second-order valence-corrected chi connectivity index (χ2v) is 3.64. The van der Waals surface area contributed by atoms with Crippen LogP contribution in [-0.4, -0.2) is 23.3 Å². The number of ether oxygens (including phenoxy) is 1. The van der Waals surface area contributed by atoms with Crippen molar-refractivity contribution in [2.45, 2.75) is 20.3 Å². The van der Waals surface area contributed by atoms with Crippen LogP contribution >= 0.6 is 11.6 Å². The topological polar surface area (TPSA) is 56.3 Å². The number of pyridine rings is 1. The van der Waals surface area contributed by atoms with Gasteiger partial charge in [0.05, 0.1) is 6.61 Å². The molecule has 0 atom stereocenters. The van der Waals surface area contributed by atoms with E-state index in [9.17, 15) is 9.59 Å². The zero-order valence-electron chi connectivity index (χ0n) is 9.12. The Balaban J connectivity index is 2.76. The summed E-state index contributed by atoms with van der Waals surface area (Å²) < 4.78 is 4.61. The first-order valence-electron chi connectivity index (χ1n) is 4.85. The van der Waals surface area contributed by atoms with E-state index in [-0.39, 0.29) is 13.0 Å². The van der Waals surface area contributed by atoms with Crippen molar-refractivity contribution in [3.63, 3.8) is 0 Å². The number of ketones is 1. The molecule has 4 nitrogen and oxygen atoms in total. The largest absolute Gasteiger partial charge is 0.460 e. The summed E-state index contributed by atoms with van der Waals surface area (Å²) in [5.41, 5.74) is 1.51. The molecule has 0 fully saturated rings. The van der Waals surface area contributed by atoms with Gasteiger partial charge in [-0.25, -0.2) is 9.78 Å². The number of halogens is 1. The molecule has 1 aromatic heterocycles. The van der Waals surface area contributed by atoms with Gasteiger partial charge in [0.25, 0.3) is 0 Å². The average molecular weight is 242 g/mol. The van der Waals surface area contributed by atoms with Crippen molar-refractivity contribution >= 4 is 23.4 Å². The Bertz CT molecular complexity index is 418. The van der Waals surface area contributed by atoms with E-state index in [1.165, 1.54) is 0 Å². The molecule has 86 valence electrons. The molecule has 0 bridgehead atoms. The summed E-state index contributed by atoms with van der Waals surface area (Å²) in [6, 6.07) is 1.58. The first kappa shape index (κ1) is 12.6. The van der Waals surface area contributed by atoms with Crippen LogP contribution < -0.4 is 0 Å². The third-order valence-electron chi connectivity index (χ3n) is 2.04. The minimum Gasteiger partial charge on any atom is -0.460 e. The predicted octanol–water partition coefficient (Wildman–Crippen LogP) is 1.72. The van der Waals surface area contributed by atoms with Crippen LogP contribution in [0.1, 0.15) is 18.1 Å². The number of aryl methyl sites for hydroxylation is 1. The number of hydrogen-bond acceptors (Lipinski definition) is 4. The van der Waals surface area contributed by atoms with Crippen LogP contribution in [0, 0.1) is 6.92 Å². The molecule has 0 saturated heterocycles. The van der Waals surface area contributed by atoms with Crippen LogP contribution in [0.2, 0.25) is 5.15 Å². The van der Waals surface area contributed by atoms with Crippen molar-refractivity contribution < 1.29 is 14.3 Å². The fraction of sp³-hybridized carbons (Fsp3) is 0.364. The maximum absolute atomic E-state index is 11.4. The van der Waals surface area contributed by atoms with Gasteiger partial charge in [0.15, 0.2) is 0 Å². The maximum atomic E-state index is 11.4. The third-order valence-corrected chi connectivity index (χ3v) is 2.24. The van der Waals surface area contributed by atoms with Crippen molar-refractivity contribution in [3.8, 4) is 0 Å². The standard InChI is InChI=1S/C11H12ClNO3/c1-3-16-11(15)9(14)4-8-5-10(12)13-6-7(8)2/h5-6H,3-4H2,1-2H3. The lowest BCUT2D eigenvalue weighted by atomic mass is 10.1. The number of carbonyl (C=O) groups is 2. The second kappa shape index (κ2) is 5.61. The van der Waals surface area contributed by atoms with E-state index in [4.69, 9.17) is 11.6 Å². The number of rotatable bonds is 4. The van der Waals surface area contributed by atoms with Crippen molar-refractivity contribution in [1.29, 1.82) is 0 Å². The molecule has 0 spiro atoms. The molecule has 0 unspecified atom stereocenters. The molecule has 16 heavy (non-hydrogen) atoms. The van der Waals surface area contributed by atoms with E-state index < -0.39 is 11.8 Å². The molecular weight excluding hydrogens is 230 g/mol. The van der Waals surface area contributed by atoms with Gasteiger partial charge in [-0.2, -0.15) is 0 Å². The molecule has 0 amide bonds.